The monoisotopic (exact) mass is 315 g/mol. The fourth-order valence-corrected chi connectivity index (χ4v) is 4.76. The average molecular weight is 316 g/mol. The van der Waals surface area contributed by atoms with Crippen LogP contribution < -0.4 is 0 Å². The molecular weight excluding hydrogens is 301 g/mol. The van der Waals surface area contributed by atoms with Gasteiger partial charge in [-0.1, -0.05) is 42.5 Å². The topological polar surface area (TPSA) is 40.9 Å². The van der Waals surface area contributed by atoms with Crippen molar-refractivity contribution >= 4 is 34.0 Å². The van der Waals surface area contributed by atoms with Crippen LogP contribution in [0.5, 0.6) is 0 Å². The average Bonchev–Trinajstić information content (AvgIpc) is 2.65. The first kappa shape index (κ1) is 14.8. The first-order chi connectivity index (χ1) is 9.13. The summed E-state index contributed by atoms with van der Waals surface area (Å²) < 4.78 is 12.7. The van der Waals surface area contributed by atoms with E-state index >= 15 is 0 Å². The van der Waals surface area contributed by atoms with Gasteiger partial charge in [-0.3, -0.25) is 4.21 Å². The summed E-state index contributed by atoms with van der Waals surface area (Å²) in [6.07, 6.45) is 4.80. The molecule has 1 aromatic rings. The van der Waals surface area contributed by atoms with E-state index in [1.807, 2.05) is 0 Å². The van der Waals surface area contributed by atoms with Crippen molar-refractivity contribution < 1.29 is 4.21 Å². The molecule has 102 valence electrons. The van der Waals surface area contributed by atoms with Crippen molar-refractivity contribution in [3.05, 3.63) is 28.2 Å². The highest BCUT2D eigenvalue weighted by molar-refractivity contribution is 7.85. The second-order valence-electron chi connectivity index (χ2n) is 4.78. The van der Waals surface area contributed by atoms with Gasteiger partial charge in [-0.15, -0.1) is 0 Å². The zero-order valence-electron chi connectivity index (χ0n) is 10.4. The van der Waals surface area contributed by atoms with Crippen LogP contribution in [0, 0.1) is 17.2 Å². The van der Waals surface area contributed by atoms with Gasteiger partial charge in [0.2, 0.25) is 0 Å². The zero-order valence-corrected chi connectivity index (χ0v) is 12.8. The molecule has 0 spiro atoms. The Balaban J connectivity index is 2.31. The Labute approximate surface area is 126 Å². The van der Waals surface area contributed by atoms with E-state index < -0.39 is 10.8 Å². The zero-order chi connectivity index (χ0) is 13.8. The van der Waals surface area contributed by atoms with Crippen molar-refractivity contribution in [3.63, 3.8) is 0 Å². The fraction of sp³-hybridized carbons (Fsp3) is 0.500. The molecule has 1 fully saturated rings. The van der Waals surface area contributed by atoms with Crippen LogP contribution >= 0.6 is 23.2 Å². The molecule has 0 amide bonds. The maximum absolute atomic E-state index is 12.7. The van der Waals surface area contributed by atoms with Crippen molar-refractivity contribution in [3.8, 4) is 6.07 Å². The second kappa shape index (κ2) is 6.74. The molecule has 3 unspecified atom stereocenters. The number of nitriles is 1. The lowest BCUT2D eigenvalue weighted by Crippen LogP contribution is -2.24. The summed E-state index contributed by atoms with van der Waals surface area (Å²) in [6, 6.07) is 7.30. The summed E-state index contributed by atoms with van der Waals surface area (Å²) in [5, 5.41) is 10.1. The Morgan fingerprint density at radius 1 is 1.21 bits per heavy atom. The van der Waals surface area contributed by atoms with Crippen molar-refractivity contribution in [2.45, 2.75) is 42.2 Å². The summed E-state index contributed by atoms with van der Waals surface area (Å²) in [5.74, 6) is -0.154. The van der Waals surface area contributed by atoms with Gasteiger partial charge in [0.25, 0.3) is 0 Å². The summed E-state index contributed by atoms with van der Waals surface area (Å²) in [4.78, 5) is 0.557. The van der Waals surface area contributed by atoms with Crippen molar-refractivity contribution in [1.82, 2.24) is 0 Å². The third kappa shape index (κ3) is 3.51. The first-order valence-corrected chi connectivity index (χ1v) is 8.35. The molecule has 1 aliphatic rings. The molecule has 0 saturated heterocycles. The standard InChI is InChI=1S/C14H15Cl2NOS/c15-11-6-7-12(16)14(8-11)19(18)13-5-3-1-2-4-10(13)9-17/h6-8,10,13H,1-5H2. The van der Waals surface area contributed by atoms with E-state index in [0.717, 1.165) is 32.1 Å². The number of halogens is 2. The molecule has 0 bridgehead atoms. The quantitative estimate of drug-likeness (QED) is 0.750. The van der Waals surface area contributed by atoms with Gasteiger partial charge in [-0.2, -0.15) is 5.26 Å². The van der Waals surface area contributed by atoms with Crippen LogP contribution in [0.4, 0.5) is 0 Å². The SMILES string of the molecule is N#CC1CCCCCC1S(=O)c1cc(Cl)ccc1Cl. The maximum Gasteiger partial charge on any atom is 0.0668 e. The molecule has 0 N–H and O–H groups in total. The van der Waals surface area contributed by atoms with Crippen LogP contribution in [-0.4, -0.2) is 9.46 Å². The molecule has 19 heavy (non-hydrogen) atoms. The Kier molecular flexibility index (Phi) is 5.27. The molecule has 1 aromatic carbocycles. The molecule has 3 atom stereocenters. The van der Waals surface area contributed by atoms with Gasteiger partial charge < -0.3 is 0 Å². The smallest absolute Gasteiger partial charge is 0.0668 e. The molecule has 1 saturated carbocycles. The van der Waals surface area contributed by atoms with Gasteiger partial charge in [0.05, 0.1) is 38.0 Å². The summed E-state index contributed by atoms with van der Waals surface area (Å²) >= 11 is 12.1. The van der Waals surface area contributed by atoms with E-state index in [2.05, 4.69) is 6.07 Å². The van der Waals surface area contributed by atoms with E-state index in [9.17, 15) is 9.47 Å². The van der Waals surface area contributed by atoms with Crippen LogP contribution in [0.1, 0.15) is 32.1 Å². The number of hydrogen-bond donors (Lipinski definition) is 0. The lowest BCUT2D eigenvalue weighted by Gasteiger charge is -2.19. The largest absolute Gasteiger partial charge is 0.254 e. The minimum absolute atomic E-state index is 0.136. The van der Waals surface area contributed by atoms with Gasteiger partial charge in [-0.25, -0.2) is 0 Å². The number of hydrogen-bond acceptors (Lipinski definition) is 2. The summed E-state index contributed by atoms with van der Waals surface area (Å²) in [5.41, 5.74) is 0. The van der Waals surface area contributed by atoms with Crippen molar-refractivity contribution in [2.24, 2.45) is 5.92 Å². The second-order valence-corrected chi connectivity index (χ2v) is 7.27. The Morgan fingerprint density at radius 3 is 2.68 bits per heavy atom. The van der Waals surface area contributed by atoms with Gasteiger partial charge in [0, 0.05) is 5.02 Å². The molecule has 5 heteroatoms. The maximum atomic E-state index is 12.7. The van der Waals surface area contributed by atoms with E-state index in [0.29, 0.717) is 14.9 Å². The van der Waals surface area contributed by atoms with Crippen LogP contribution in [-0.2, 0) is 10.8 Å². The minimum atomic E-state index is -1.27. The lowest BCUT2D eigenvalue weighted by molar-refractivity contribution is 0.564. The normalized spacial score (nSPS) is 25.3. The molecule has 0 aromatic heterocycles. The molecule has 0 aliphatic heterocycles. The predicted molar refractivity (Wildman–Crippen MR) is 78.8 cm³/mol. The van der Waals surface area contributed by atoms with E-state index in [1.54, 1.807) is 18.2 Å². The highest BCUT2D eigenvalue weighted by Crippen LogP contribution is 2.33. The number of benzene rings is 1. The number of nitrogens with zero attached hydrogens (tertiary/aromatic N) is 1. The molecule has 2 rings (SSSR count). The van der Waals surface area contributed by atoms with Crippen LogP contribution in [0.25, 0.3) is 0 Å². The van der Waals surface area contributed by atoms with Gasteiger partial charge >= 0.3 is 0 Å². The number of rotatable bonds is 2. The third-order valence-electron chi connectivity index (χ3n) is 3.50. The van der Waals surface area contributed by atoms with Gasteiger partial charge in [-0.05, 0) is 31.0 Å². The van der Waals surface area contributed by atoms with Gasteiger partial charge in [0.15, 0.2) is 0 Å². The summed E-state index contributed by atoms with van der Waals surface area (Å²) in [6.45, 7) is 0. The fourth-order valence-electron chi connectivity index (χ4n) is 2.47. The molecule has 0 radical (unpaired) electrons. The van der Waals surface area contributed by atoms with E-state index in [1.165, 1.54) is 0 Å². The lowest BCUT2D eigenvalue weighted by atomic mass is 10.0. The van der Waals surface area contributed by atoms with Crippen molar-refractivity contribution in [2.75, 3.05) is 0 Å². The molecule has 2 nitrogen and oxygen atoms in total. The highest BCUT2D eigenvalue weighted by atomic mass is 35.5. The Bertz CT molecular complexity index is 527. The van der Waals surface area contributed by atoms with E-state index in [-0.39, 0.29) is 11.2 Å². The Hall–Kier alpha value is -0.560. The summed E-state index contributed by atoms with van der Waals surface area (Å²) in [7, 11) is -1.27. The molecule has 0 heterocycles. The van der Waals surface area contributed by atoms with Crippen LogP contribution in [0.2, 0.25) is 10.0 Å². The molecular formula is C14H15Cl2NOS. The van der Waals surface area contributed by atoms with Crippen molar-refractivity contribution in [1.29, 1.82) is 5.26 Å². The van der Waals surface area contributed by atoms with Crippen LogP contribution in [0.15, 0.2) is 23.1 Å². The molecule has 1 aliphatic carbocycles. The first-order valence-electron chi connectivity index (χ1n) is 6.38. The highest BCUT2D eigenvalue weighted by Gasteiger charge is 2.30. The minimum Gasteiger partial charge on any atom is -0.254 e. The van der Waals surface area contributed by atoms with Crippen LogP contribution in [0.3, 0.4) is 0 Å². The predicted octanol–water partition coefficient (Wildman–Crippen LogP) is 4.57. The Morgan fingerprint density at radius 2 is 1.95 bits per heavy atom. The van der Waals surface area contributed by atoms with E-state index in [4.69, 9.17) is 23.2 Å². The third-order valence-corrected chi connectivity index (χ3v) is 6.07. The van der Waals surface area contributed by atoms with Gasteiger partial charge in [0.1, 0.15) is 0 Å².